The van der Waals surface area contributed by atoms with Crippen molar-refractivity contribution in [1.82, 2.24) is 0 Å². The standard InChI is InChI=1S/C9H12O6/c1-9(2)13-3-4(15-9)7-5(10)6(11)8(12)14-7/h4,7,10-11H,3H2,1-2H3/q-1/t4-,7+/m0/s1. The van der Waals surface area contributed by atoms with Crippen LogP contribution in [0.1, 0.15) is 13.8 Å². The van der Waals surface area contributed by atoms with Gasteiger partial charge in [0, 0.05) is 0 Å². The number of ether oxygens (including phenoxy) is 3. The maximum atomic E-state index is 10.9. The molecule has 0 aromatic carbocycles. The second-order valence-electron chi connectivity index (χ2n) is 3.93. The number of aliphatic hydroxyl groups is 2. The highest BCUT2D eigenvalue weighted by atomic mass is 16.8. The molecule has 0 aliphatic carbocycles. The molecule has 0 spiro atoms. The summed E-state index contributed by atoms with van der Waals surface area (Å²) in [4.78, 5) is 0. The SMILES string of the molecule is CC1(C)OC[C@@H]([C@H]2O[C]([O-])C(O)=C2O)O1. The second-order valence-corrected chi connectivity index (χ2v) is 3.93. The molecule has 2 heterocycles. The summed E-state index contributed by atoms with van der Waals surface area (Å²) in [5.74, 6) is -2.02. The summed E-state index contributed by atoms with van der Waals surface area (Å²) in [5.41, 5.74) is 0. The summed E-state index contributed by atoms with van der Waals surface area (Å²) in [6.45, 7) is 3.62. The van der Waals surface area contributed by atoms with Gasteiger partial charge in [0.15, 0.2) is 11.5 Å². The van der Waals surface area contributed by atoms with Gasteiger partial charge in [0.2, 0.25) is 0 Å². The fourth-order valence-electron chi connectivity index (χ4n) is 1.58. The maximum Gasteiger partial charge on any atom is 0.163 e. The molecule has 6 nitrogen and oxygen atoms in total. The quantitative estimate of drug-likeness (QED) is 0.626. The van der Waals surface area contributed by atoms with Crippen LogP contribution in [-0.4, -0.2) is 34.8 Å². The zero-order valence-corrected chi connectivity index (χ0v) is 8.39. The van der Waals surface area contributed by atoms with Gasteiger partial charge in [0.25, 0.3) is 0 Å². The predicted octanol–water partition coefficient (Wildman–Crippen LogP) is -0.286. The molecule has 1 radical (unpaired) electrons. The molecular formula is C9H12O6-. The molecule has 2 aliphatic heterocycles. The van der Waals surface area contributed by atoms with Crippen LogP contribution in [0.2, 0.25) is 0 Å². The third-order valence-electron chi connectivity index (χ3n) is 2.31. The van der Waals surface area contributed by atoms with Crippen LogP contribution in [0.3, 0.4) is 0 Å². The predicted molar refractivity (Wildman–Crippen MR) is 45.3 cm³/mol. The molecule has 0 saturated carbocycles. The lowest BCUT2D eigenvalue weighted by molar-refractivity contribution is -0.411. The van der Waals surface area contributed by atoms with E-state index in [0.29, 0.717) is 0 Å². The summed E-state index contributed by atoms with van der Waals surface area (Å²) in [7, 11) is 0. The highest BCUT2D eigenvalue weighted by Crippen LogP contribution is 2.33. The first kappa shape index (κ1) is 10.7. The monoisotopic (exact) mass is 216 g/mol. The highest BCUT2D eigenvalue weighted by Gasteiger charge is 2.43. The van der Waals surface area contributed by atoms with E-state index in [4.69, 9.17) is 19.3 Å². The fraction of sp³-hybridized carbons (Fsp3) is 0.667. The van der Waals surface area contributed by atoms with Gasteiger partial charge in [0.05, 0.1) is 12.9 Å². The van der Waals surface area contributed by atoms with Crippen molar-refractivity contribution in [1.29, 1.82) is 0 Å². The lowest BCUT2D eigenvalue weighted by atomic mass is 10.2. The van der Waals surface area contributed by atoms with E-state index in [0.717, 1.165) is 0 Å². The molecule has 2 N–H and O–H groups in total. The molecule has 2 atom stereocenters. The van der Waals surface area contributed by atoms with E-state index in [-0.39, 0.29) is 6.61 Å². The topological polar surface area (TPSA) is 91.2 Å². The van der Waals surface area contributed by atoms with Gasteiger partial charge in [-0.05, 0) is 13.8 Å². The first-order valence-electron chi connectivity index (χ1n) is 4.55. The Morgan fingerprint density at radius 3 is 2.47 bits per heavy atom. The minimum atomic E-state index is -0.973. The number of hydrogen-bond donors (Lipinski definition) is 2. The van der Waals surface area contributed by atoms with Gasteiger partial charge in [0.1, 0.15) is 18.0 Å². The third-order valence-corrected chi connectivity index (χ3v) is 2.31. The Morgan fingerprint density at radius 1 is 1.40 bits per heavy atom. The largest absolute Gasteiger partial charge is 0.821 e. The van der Waals surface area contributed by atoms with Crippen LogP contribution in [-0.2, 0) is 14.2 Å². The molecule has 1 fully saturated rings. The molecule has 0 unspecified atom stereocenters. The summed E-state index contributed by atoms with van der Waals surface area (Å²) >= 11 is 0. The van der Waals surface area contributed by atoms with Crippen molar-refractivity contribution in [3.8, 4) is 0 Å². The average molecular weight is 216 g/mol. The molecule has 2 rings (SSSR count). The summed E-state index contributed by atoms with van der Waals surface area (Å²) in [6.07, 6.45) is -2.50. The van der Waals surface area contributed by atoms with E-state index >= 15 is 0 Å². The Labute approximate surface area is 86.7 Å². The summed E-state index contributed by atoms with van der Waals surface area (Å²) < 4.78 is 15.4. The van der Waals surface area contributed by atoms with Gasteiger partial charge in [-0.1, -0.05) is 0 Å². The van der Waals surface area contributed by atoms with Crippen LogP contribution in [0, 0.1) is 6.29 Å². The van der Waals surface area contributed by atoms with Crippen LogP contribution >= 0.6 is 0 Å². The van der Waals surface area contributed by atoms with Crippen LogP contribution in [0.5, 0.6) is 0 Å². The molecular weight excluding hydrogens is 204 g/mol. The van der Waals surface area contributed by atoms with E-state index in [1.165, 1.54) is 0 Å². The van der Waals surface area contributed by atoms with Crippen LogP contribution in [0.15, 0.2) is 11.5 Å². The van der Waals surface area contributed by atoms with Crippen molar-refractivity contribution in [2.24, 2.45) is 0 Å². The smallest absolute Gasteiger partial charge is 0.163 e. The highest BCUT2D eigenvalue weighted by molar-refractivity contribution is 5.21. The first-order valence-corrected chi connectivity index (χ1v) is 4.55. The number of aliphatic hydroxyl groups excluding tert-OH is 2. The first-order chi connectivity index (χ1) is 6.91. The van der Waals surface area contributed by atoms with E-state index < -0.39 is 35.8 Å². The van der Waals surface area contributed by atoms with E-state index in [1.54, 1.807) is 13.8 Å². The van der Waals surface area contributed by atoms with Crippen molar-refractivity contribution in [3.63, 3.8) is 0 Å². The summed E-state index contributed by atoms with van der Waals surface area (Å²) in [6, 6.07) is 0. The Balaban J connectivity index is 2.09. The minimum Gasteiger partial charge on any atom is -0.821 e. The van der Waals surface area contributed by atoms with Gasteiger partial charge in [-0.3, -0.25) is 0 Å². The Morgan fingerprint density at radius 2 is 2.07 bits per heavy atom. The minimum absolute atomic E-state index is 0.197. The van der Waals surface area contributed by atoms with Crippen molar-refractivity contribution < 1.29 is 29.5 Å². The van der Waals surface area contributed by atoms with Crippen molar-refractivity contribution >= 4 is 0 Å². The Kier molecular flexibility index (Phi) is 2.38. The molecule has 0 aromatic rings. The number of hydrogen-bond acceptors (Lipinski definition) is 6. The van der Waals surface area contributed by atoms with E-state index in [9.17, 15) is 10.2 Å². The van der Waals surface area contributed by atoms with Gasteiger partial charge in [-0.15, -0.1) is 0 Å². The van der Waals surface area contributed by atoms with E-state index in [1.807, 2.05) is 0 Å². The molecule has 85 valence electrons. The molecule has 0 amide bonds. The molecule has 15 heavy (non-hydrogen) atoms. The zero-order valence-electron chi connectivity index (χ0n) is 8.39. The fourth-order valence-corrected chi connectivity index (χ4v) is 1.58. The summed E-state index contributed by atoms with van der Waals surface area (Å²) in [5, 5.41) is 29.4. The molecule has 6 heteroatoms. The van der Waals surface area contributed by atoms with Gasteiger partial charge in [-0.25, -0.2) is 0 Å². The third kappa shape index (κ3) is 1.81. The second kappa shape index (κ2) is 3.34. The van der Waals surface area contributed by atoms with Crippen LogP contribution < -0.4 is 5.11 Å². The molecule has 0 bridgehead atoms. The number of rotatable bonds is 1. The Bertz CT molecular complexity index is 297. The van der Waals surface area contributed by atoms with Gasteiger partial charge >= 0.3 is 0 Å². The van der Waals surface area contributed by atoms with E-state index in [2.05, 4.69) is 0 Å². The van der Waals surface area contributed by atoms with Crippen molar-refractivity contribution in [2.45, 2.75) is 31.8 Å². The molecule has 0 aromatic heterocycles. The van der Waals surface area contributed by atoms with Crippen molar-refractivity contribution in [3.05, 3.63) is 17.8 Å². The van der Waals surface area contributed by atoms with Gasteiger partial charge < -0.3 is 29.5 Å². The zero-order chi connectivity index (χ0) is 11.2. The van der Waals surface area contributed by atoms with Gasteiger partial charge in [-0.2, -0.15) is 0 Å². The molecule has 2 aliphatic rings. The van der Waals surface area contributed by atoms with Crippen LogP contribution in [0.25, 0.3) is 0 Å². The van der Waals surface area contributed by atoms with Crippen molar-refractivity contribution in [2.75, 3.05) is 6.61 Å². The lowest BCUT2D eigenvalue weighted by Crippen LogP contribution is -2.33. The Hall–Kier alpha value is -0.820. The molecule has 1 saturated heterocycles. The van der Waals surface area contributed by atoms with Crippen LogP contribution in [0.4, 0.5) is 0 Å². The lowest BCUT2D eigenvalue weighted by Gasteiger charge is -2.22. The average Bonchev–Trinajstić information content (AvgIpc) is 2.62. The normalized spacial score (nSPS) is 36.5. The maximum absolute atomic E-state index is 10.9.